The molecule has 1 aliphatic rings. The molecule has 1 N–H and O–H groups in total. The summed E-state index contributed by atoms with van der Waals surface area (Å²) in [6.45, 7) is 3.31. The third kappa shape index (κ3) is 5.31. The summed E-state index contributed by atoms with van der Waals surface area (Å²) < 4.78 is 38.5. The molecule has 26 heavy (non-hydrogen) atoms. The molecule has 1 amide bonds. The lowest BCUT2D eigenvalue weighted by molar-refractivity contribution is -0.141. The van der Waals surface area contributed by atoms with Gasteiger partial charge in [0.05, 0.1) is 0 Å². The van der Waals surface area contributed by atoms with Crippen molar-refractivity contribution in [3.63, 3.8) is 0 Å². The molecule has 0 unspecified atom stereocenters. The van der Waals surface area contributed by atoms with Gasteiger partial charge in [0.2, 0.25) is 5.91 Å². The summed E-state index contributed by atoms with van der Waals surface area (Å²) in [7, 11) is 0. The van der Waals surface area contributed by atoms with Crippen molar-refractivity contribution >= 4 is 17.2 Å². The second-order valence-electron chi connectivity index (χ2n) is 6.50. The van der Waals surface area contributed by atoms with Gasteiger partial charge in [-0.2, -0.15) is 18.3 Å². The number of nitrogens with zero attached hydrogens (tertiary/aromatic N) is 3. The van der Waals surface area contributed by atoms with E-state index in [-0.39, 0.29) is 12.5 Å². The molecule has 1 fully saturated rings. The van der Waals surface area contributed by atoms with Gasteiger partial charge >= 0.3 is 6.18 Å². The minimum absolute atomic E-state index is 0.201. The molecule has 0 atom stereocenters. The number of hydrogen-bond donors (Lipinski definition) is 1. The topological polar surface area (TPSA) is 50.2 Å². The van der Waals surface area contributed by atoms with Gasteiger partial charge in [0.15, 0.2) is 5.69 Å². The monoisotopic (exact) mass is 386 g/mol. The van der Waals surface area contributed by atoms with Crippen molar-refractivity contribution in [3.8, 4) is 0 Å². The third-order valence-corrected chi connectivity index (χ3v) is 5.35. The Bertz CT molecular complexity index is 706. The van der Waals surface area contributed by atoms with Gasteiger partial charge in [-0.05, 0) is 49.4 Å². The fourth-order valence-corrected chi connectivity index (χ4v) is 3.78. The van der Waals surface area contributed by atoms with Crippen LogP contribution >= 0.6 is 11.3 Å². The Hall–Kier alpha value is -1.87. The van der Waals surface area contributed by atoms with E-state index in [9.17, 15) is 18.0 Å². The van der Waals surface area contributed by atoms with Crippen molar-refractivity contribution in [3.05, 3.63) is 40.3 Å². The molecule has 142 valence electrons. The zero-order chi connectivity index (χ0) is 18.6. The number of halogens is 3. The quantitative estimate of drug-likeness (QED) is 0.830. The van der Waals surface area contributed by atoms with E-state index in [1.807, 2.05) is 0 Å². The van der Waals surface area contributed by atoms with Gasteiger partial charge in [0.1, 0.15) is 6.54 Å². The second kappa shape index (κ2) is 8.22. The summed E-state index contributed by atoms with van der Waals surface area (Å²) in [5.74, 6) is 0.0877. The number of rotatable bonds is 6. The van der Waals surface area contributed by atoms with E-state index >= 15 is 0 Å². The maximum atomic E-state index is 12.5. The fraction of sp³-hybridized carbons (Fsp3) is 0.529. The van der Waals surface area contributed by atoms with Gasteiger partial charge in [-0.1, -0.05) is 6.07 Å². The van der Waals surface area contributed by atoms with Crippen molar-refractivity contribution in [2.75, 3.05) is 19.6 Å². The van der Waals surface area contributed by atoms with Gasteiger partial charge in [-0.15, -0.1) is 11.3 Å². The molecule has 1 saturated heterocycles. The lowest BCUT2D eigenvalue weighted by atomic mass is 9.97. The molecule has 0 radical (unpaired) electrons. The summed E-state index contributed by atoms with van der Waals surface area (Å²) >= 11 is 1.76. The van der Waals surface area contributed by atoms with Crippen LogP contribution in [0.3, 0.4) is 0 Å². The molecular formula is C17H21F3N4OS. The number of aromatic nitrogens is 2. The Morgan fingerprint density at radius 3 is 2.69 bits per heavy atom. The lowest BCUT2D eigenvalue weighted by Crippen LogP contribution is -2.39. The summed E-state index contributed by atoms with van der Waals surface area (Å²) in [5.41, 5.74) is -0.983. The molecule has 2 aromatic rings. The number of amides is 1. The first-order chi connectivity index (χ1) is 12.4. The molecule has 5 nitrogen and oxygen atoms in total. The van der Waals surface area contributed by atoms with E-state index in [2.05, 4.69) is 32.8 Å². The van der Waals surface area contributed by atoms with Gasteiger partial charge < -0.3 is 5.32 Å². The molecule has 0 bridgehead atoms. The summed E-state index contributed by atoms with van der Waals surface area (Å²) in [6.07, 6.45) is -1.30. The highest BCUT2D eigenvalue weighted by Gasteiger charge is 2.33. The number of piperidine rings is 1. The Kier molecular flexibility index (Phi) is 5.98. The van der Waals surface area contributed by atoms with E-state index in [1.165, 1.54) is 11.1 Å². The minimum atomic E-state index is -4.49. The van der Waals surface area contributed by atoms with Crippen LogP contribution in [-0.2, 0) is 24.1 Å². The van der Waals surface area contributed by atoms with Gasteiger partial charge in [0.25, 0.3) is 0 Å². The molecule has 0 aromatic carbocycles. The fourth-order valence-electron chi connectivity index (χ4n) is 3.03. The van der Waals surface area contributed by atoms with E-state index in [0.29, 0.717) is 12.5 Å². The number of thiophene rings is 1. The van der Waals surface area contributed by atoms with Gasteiger partial charge in [-0.3, -0.25) is 14.4 Å². The Morgan fingerprint density at radius 2 is 2.08 bits per heavy atom. The average molecular weight is 386 g/mol. The molecule has 3 rings (SSSR count). The molecule has 3 heterocycles. The number of hydrogen-bond acceptors (Lipinski definition) is 4. The van der Waals surface area contributed by atoms with E-state index < -0.39 is 11.9 Å². The number of likely N-dealkylation sites (tertiary alicyclic amines) is 1. The highest BCUT2D eigenvalue weighted by molar-refractivity contribution is 7.09. The highest BCUT2D eigenvalue weighted by Crippen LogP contribution is 2.27. The zero-order valence-electron chi connectivity index (χ0n) is 14.2. The van der Waals surface area contributed by atoms with Gasteiger partial charge in [-0.25, -0.2) is 0 Å². The molecule has 1 aliphatic heterocycles. The van der Waals surface area contributed by atoms with Crippen LogP contribution in [0.2, 0.25) is 0 Å². The third-order valence-electron chi connectivity index (χ3n) is 4.49. The lowest BCUT2D eigenvalue weighted by Gasteiger charge is -2.31. The normalized spacial score (nSPS) is 16.7. The van der Waals surface area contributed by atoms with E-state index in [4.69, 9.17) is 0 Å². The number of carbonyl (C=O) groups excluding carboxylic acids is 1. The summed E-state index contributed by atoms with van der Waals surface area (Å²) in [4.78, 5) is 15.7. The molecule has 9 heteroatoms. The van der Waals surface area contributed by atoms with E-state index in [0.717, 1.165) is 43.2 Å². The van der Waals surface area contributed by atoms with Crippen molar-refractivity contribution in [2.45, 2.75) is 32.1 Å². The van der Waals surface area contributed by atoms with Crippen LogP contribution in [-0.4, -0.2) is 40.2 Å². The summed E-state index contributed by atoms with van der Waals surface area (Å²) in [6, 6.07) is 5.06. The van der Waals surface area contributed by atoms with Crippen LogP contribution in [0.5, 0.6) is 0 Å². The molecular weight excluding hydrogens is 365 g/mol. The number of alkyl halides is 3. The first-order valence-corrected chi connectivity index (χ1v) is 9.40. The zero-order valence-corrected chi connectivity index (χ0v) is 15.0. The van der Waals surface area contributed by atoms with Crippen LogP contribution in [0.25, 0.3) is 0 Å². The standard InChI is InChI=1S/C17H21F3N4OS/c18-17(19,20)15-5-8-24(22-15)12-16(25)21-10-13-3-6-23(7-4-13)11-14-2-1-9-26-14/h1-2,5,8-9,13H,3-4,6-7,10-12H2,(H,21,25). The van der Waals surface area contributed by atoms with E-state index in [1.54, 1.807) is 11.3 Å². The molecule has 0 saturated carbocycles. The SMILES string of the molecule is O=C(Cn1ccc(C(F)(F)F)n1)NCC1CCN(Cc2cccs2)CC1. The first kappa shape index (κ1) is 18.9. The maximum absolute atomic E-state index is 12.5. The predicted molar refractivity (Wildman–Crippen MR) is 92.6 cm³/mol. The Morgan fingerprint density at radius 1 is 1.31 bits per heavy atom. The smallest absolute Gasteiger partial charge is 0.354 e. The molecule has 0 spiro atoms. The van der Waals surface area contributed by atoms with Crippen molar-refractivity contribution in [1.82, 2.24) is 20.0 Å². The number of nitrogens with one attached hydrogen (secondary N) is 1. The Labute approximate surface area is 153 Å². The summed E-state index contributed by atoms with van der Waals surface area (Å²) in [5, 5.41) is 8.28. The van der Waals surface area contributed by atoms with Crippen molar-refractivity contribution < 1.29 is 18.0 Å². The minimum Gasteiger partial charge on any atom is -0.354 e. The van der Waals surface area contributed by atoms with Gasteiger partial charge in [0, 0.05) is 24.2 Å². The van der Waals surface area contributed by atoms with Crippen LogP contribution in [0.1, 0.15) is 23.4 Å². The maximum Gasteiger partial charge on any atom is 0.435 e. The number of carbonyl (C=O) groups is 1. The molecule has 2 aromatic heterocycles. The van der Waals surface area contributed by atoms with Crippen LogP contribution in [0, 0.1) is 5.92 Å². The predicted octanol–water partition coefficient (Wildman–Crippen LogP) is 2.99. The average Bonchev–Trinajstić information content (AvgIpc) is 3.26. The van der Waals surface area contributed by atoms with Crippen molar-refractivity contribution in [2.24, 2.45) is 5.92 Å². The van der Waals surface area contributed by atoms with Crippen LogP contribution in [0.4, 0.5) is 13.2 Å². The highest BCUT2D eigenvalue weighted by atomic mass is 32.1. The van der Waals surface area contributed by atoms with Crippen molar-refractivity contribution in [1.29, 1.82) is 0 Å². The second-order valence-corrected chi connectivity index (χ2v) is 7.53. The first-order valence-electron chi connectivity index (χ1n) is 8.52. The molecule has 0 aliphatic carbocycles. The largest absolute Gasteiger partial charge is 0.435 e. The van der Waals surface area contributed by atoms with Crippen LogP contribution in [0.15, 0.2) is 29.8 Å². The Balaban J connectivity index is 1.37. The van der Waals surface area contributed by atoms with Crippen LogP contribution < -0.4 is 5.32 Å².